The molecule has 0 aliphatic carbocycles. The van der Waals surface area contributed by atoms with Crippen LogP contribution in [0.1, 0.15) is 51.9 Å². The molecule has 5 nitrogen and oxygen atoms in total. The average molecular weight is 441 g/mol. The normalized spacial score (nSPS) is 13.4. The van der Waals surface area contributed by atoms with E-state index in [1.54, 1.807) is 6.92 Å². The Hall–Kier alpha value is -1.66. The molecule has 0 amide bonds. The van der Waals surface area contributed by atoms with Crippen LogP contribution in [-0.2, 0) is 9.59 Å². The van der Waals surface area contributed by atoms with Crippen molar-refractivity contribution >= 4 is 27.7 Å². The number of carbonyl (C=O) groups is 2. The zero-order valence-corrected chi connectivity index (χ0v) is 17.4. The summed E-state index contributed by atoms with van der Waals surface area (Å²) in [4.78, 5) is 22.2. The van der Waals surface area contributed by atoms with E-state index in [2.05, 4.69) is 15.9 Å². The second-order valence-corrected chi connectivity index (χ2v) is 7.57. The number of aliphatic hydroxyl groups is 1. The van der Waals surface area contributed by atoms with Crippen LogP contribution in [0.4, 0.5) is 0 Å². The molecule has 1 aromatic rings. The third kappa shape index (κ3) is 11.6. The van der Waals surface area contributed by atoms with E-state index >= 15 is 0 Å². The molecule has 0 heterocycles. The molecule has 27 heavy (non-hydrogen) atoms. The molecule has 0 saturated heterocycles. The molecule has 1 rings (SSSR count). The molecule has 0 bridgehead atoms. The lowest BCUT2D eigenvalue weighted by molar-refractivity contribution is -0.137. The molecule has 150 valence electrons. The molecule has 0 saturated carbocycles. The van der Waals surface area contributed by atoms with E-state index in [0.717, 1.165) is 17.3 Å². The third-order valence-corrected chi connectivity index (χ3v) is 4.75. The van der Waals surface area contributed by atoms with Gasteiger partial charge in [0.1, 0.15) is 18.1 Å². The van der Waals surface area contributed by atoms with Crippen molar-refractivity contribution in [2.75, 3.05) is 6.61 Å². The number of carboxylic acid groups (broad SMARTS) is 1. The number of rotatable bonds is 14. The summed E-state index contributed by atoms with van der Waals surface area (Å²) in [5.74, 6) is 0.00880. The first-order valence-electron chi connectivity index (χ1n) is 9.32. The van der Waals surface area contributed by atoms with Gasteiger partial charge in [0.25, 0.3) is 0 Å². The molecule has 6 heteroatoms. The van der Waals surface area contributed by atoms with Gasteiger partial charge in [-0.15, -0.1) is 0 Å². The first-order chi connectivity index (χ1) is 12.9. The number of aliphatic carboxylic acids is 1. The quantitative estimate of drug-likeness (QED) is 0.321. The van der Waals surface area contributed by atoms with Crippen molar-refractivity contribution in [3.05, 3.63) is 40.9 Å². The molecule has 0 aliphatic rings. The van der Waals surface area contributed by atoms with Gasteiger partial charge in [0, 0.05) is 16.8 Å². The minimum atomic E-state index is -0.785. The number of ketones is 1. The molecule has 0 spiro atoms. The fourth-order valence-corrected chi connectivity index (χ4v) is 3.05. The van der Waals surface area contributed by atoms with Crippen molar-refractivity contribution < 1.29 is 24.5 Å². The van der Waals surface area contributed by atoms with Gasteiger partial charge in [-0.2, -0.15) is 0 Å². The van der Waals surface area contributed by atoms with Gasteiger partial charge in [-0.05, 0) is 57.2 Å². The van der Waals surface area contributed by atoms with Gasteiger partial charge in [0.2, 0.25) is 0 Å². The number of hydrogen-bond donors (Lipinski definition) is 2. The SMILES string of the molecule is CC(=O)C(C/C=C\CCCC(=O)O)CCCC(O)COc1cccc(Br)c1. The number of carboxylic acids is 1. The zero-order valence-electron chi connectivity index (χ0n) is 15.8. The van der Waals surface area contributed by atoms with Gasteiger partial charge in [-0.1, -0.05) is 40.6 Å². The topological polar surface area (TPSA) is 83.8 Å². The van der Waals surface area contributed by atoms with Crippen LogP contribution in [-0.4, -0.2) is 34.7 Å². The summed E-state index contributed by atoms with van der Waals surface area (Å²) in [6, 6.07) is 7.47. The van der Waals surface area contributed by atoms with Gasteiger partial charge in [0.15, 0.2) is 0 Å². The molecule has 1 aromatic carbocycles. The van der Waals surface area contributed by atoms with Crippen LogP contribution in [0.2, 0.25) is 0 Å². The first kappa shape index (κ1) is 23.4. The van der Waals surface area contributed by atoms with E-state index in [1.165, 1.54) is 0 Å². The van der Waals surface area contributed by atoms with Crippen molar-refractivity contribution in [3.8, 4) is 5.75 Å². The lowest BCUT2D eigenvalue weighted by Gasteiger charge is -2.15. The summed E-state index contributed by atoms with van der Waals surface area (Å²) in [6.07, 6.45) is 7.54. The Labute approximate surface area is 169 Å². The highest BCUT2D eigenvalue weighted by Crippen LogP contribution is 2.19. The van der Waals surface area contributed by atoms with Crippen LogP contribution >= 0.6 is 15.9 Å². The van der Waals surface area contributed by atoms with Crippen LogP contribution in [0.5, 0.6) is 5.75 Å². The second-order valence-electron chi connectivity index (χ2n) is 6.65. The molecular weight excluding hydrogens is 412 g/mol. The van der Waals surface area contributed by atoms with E-state index in [-0.39, 0.29) is 24.7 Å². The number of Topliss-reactive ketones (excluding diaryl/α,β-unsaturated/α-hetero) is 1. The maximum absolute atomic E-state index is 11.8. The standard InChI is InChI=1S/C21H29BrO5/c1-16(23)17(8-4-2-3-5-13-21(25)26)9-6-11-19(24)15-27-20-12-7-10-18(22)14-20/h2,4,7,10,12,14,17,19,24H,3,5-6,8-9,11,13,15H2,1H3,(H,25,26)/b4-2-. The minimum absolute atomic E-state index is 0.0566. The van der Waals surface area contributed by atoms with Gasteiger partial charge in [-0.3, -0.25) is 9.59 Å². The van der Waals surface area contributed by atoms with Crippen molar-refractivity contribution in [1.82, 2.24) is 0 Å². The summed E-state index contributed by atoms with van der Waals surface area (Å²) < 4.78 is 6.50. The lowest BCUT2D eigenvalue weighted by Crippen LogP contribution is -2.18. The molecule has 0 radical (unpaired) electrons. The van der Waals surface area contributed by atoms with Crippen LogP contribution < -0.4 is 4.74 Å². The first-order valence-corrected chi connectivity index (χ1v) is 10.1. The second kappa shape index (κ2) is 13.5. The van der Waals surface area contributed by atoms with Crippen molar-refractivity contribution in [1.29, 1.82) is 0 Å². The summed E-state index contributed by atoms with van der Waals surface area (Å²) in [5.41, 5.74) is 0. The monoisotopic (exact) mass is 440 g/mol. The van der Waals surface area contributed by atoms with E-state index in [1.807, 2.05) is 36.4 Å². The number of halogens is 1. The maximum Gasteiger partial charge on any atom is 0.303 e. The minimum Gasteiger partial charge on any atom is -0.491 e. The van der Waals surface area contributed by atoms with E-state index < -0.39 is 12.1 Å². The molecule has 0 aliphatic heterocycles. The summed E-state index contributed by atoms with van der Waals surface area (Å²) in [6.45, 7) is 1.82. The third-order valence-electron chi connectivity index (χ3n) is 4.25. The predicted octanol–water partition coefficient (Wildman–Crippen LogP) is 4.77. The number of carbonyl (C=O) groups excluding carboxylic acids is 1. The van der Waals surface area contributed by atoms with E-state index in [9.17, 15) is 14.7 Å². The summed E-state index contributed by atoms with van der Waals surface area (Å²) in [7, 11) is 0. The Morgan fingerprint density at radius 1 is 1.22 bits per heavy atom. The number of benzene rings is 1. The number of hydrogen-bond acceptors (Lipinski definition) is 4. The number of aliphatic hydroxyl groups excluding tert-OH is 1. The highest BCUT2D eigenvalue weighted by atomic mass is 79.9. The summed E-state index contributed by atoms with van der Waals surface area (Å²) >= 11 is 3.38. The van der Waals surface area contributed by atoms with Gasteiger partial charge in [0.05, 0.1) is 6.10 Å². The van der Waals surface area contributed by atoms with Gasteiger partial charge < -0.3 is 14.9 Å². The number of unbranched alkanes of at least 4 members (excludes halogenated alkanes) is 1. The average Bonchev–Trinajstić information content (AvgIpc) is 2.60. The van der Waals surface area contributed by atoms with Crippen LogP contribution in [0, 0.1) is 5.92 Å². The Bertz CT molecular complexity index is 614. The molecule has 0 fully saturated rings. The Morgan fingerprint density at radius 3 is 2.67 bits per heavy atom. The Balaban J connectivity index is 2.24. The largest absolute Gasteiger partial charge is 0.491 e. The highest BCUT2D eigenvalue weighted by molar-refractivity contribution is 9.10. The van der Waals surface area contributed by atoms with E-state index in [4.69, 9.17) is 9.84 Å². The van der Waals surface area contributed by atoms with Crippen molar-refractivity contribution in [2.24, 2.45) is 5.92 Å². The molecule has 2 N–H and O–H groups in total. The molecule has 2 atom stereocenters. The number of allylic oxidation sites excluding steroid dienone is 2. The zero-order chi connectivity index (χ0) is 20.1. The molecular formula is C21H29BrO5. The number of ether oxygens (including phenoxy) is 1. The van der Waals surface area contributed by atoms with Gasteiger partial charge in [-0.25, -0.2) is 0 Å². The highest BCUT2D eigenvalue weighted by Gasteiger charge is 2.14. The van der Waals surface area contributed by atoms with Crippen LogP contribution in [0.25, 0.3) is 0 Å². The smallest absolute Gasteiger partial charge is 0.303 e. The van der Waals surface area contributed by atoms with Crippen LogP contribution in [0.3, 0.4) is 0 Å². The fraction of sp³-hybridized carbons (Fsp3) is 0.524. The predicted molar refractivity (Wildman–Crippen MR) is 109 cm³/mol. The Kier molecular flexibility index (Phi) is 11.7. The fourth-order valence-electron chi connectivity index (χ4n) is 2.67. The lowest BCUT2D eigenvalue weighted by atomic mass is 9.93. The van der Waals surface area contributed by atoms with Crippen molar-refractivity contribution in [3.63, 3.8) is 0 Å². The van der Waals surface area contributed by atoms with Crippen LogP contribution in [0.15, 0.2) is 40.9 Å². The van der Waals surface area contributed by atoms with Gasteiger partial charge >= 0.3 is 5.97 Å². The molecule has 2 unspecified atom stereocenters. The Morgan fingerprint density at radius 2 is 2.00 bits per heavy atom. The molecule has 0 aromatic heterocycles. The maximum atomic E-state index is 11.8. The van der Waals surface area contributed by atoms with Crippen molar-refractivity contribution in [2.45, 2.75) is 58.0 Å². The van der Waals surface area contributed by atoms with E-state index in [0.29, 0.717) is 31.4 Å². The summed E-state index contributed by atoms with van der Waals surface area (Å²) in [5, 5.41) is 18.7.